The van der Waals surface area contributed by atoms with Crippen molar-refractivity contribution in [3.8, 4) is 0 Å². The number of hydrogen-bond donors (Lipinski definition) is 1. The highest BCUT2D eigenvalue weighted by Gasteiger charge is 2.20. The van der Waals surface area contributed by atoms with E-state index in [0.29, 0.717) is 12.2 Å². The normalized spacial score (nSPS) is 16.0. The summed E-state index contributed by atoms with van der Waals surface area (Å²) < 4.78 is 0. The molecule has 0 unspecified atom stereocenters. The van der Waals surface area contributed by atoms with E-state index < -0.39 is 0 Å². The summed E-state index contributed by atoms with van der Waals surface area (Å²) in [4.78, 5) is 28.8. The molecule has 1 saturated heterocycles. The summed E-state index contributed by atoms with van der Waals surface area (Å²) in [6, 6.07) is 7.64. The highest BCUT2D eigenvalue weighted by molar-refractivity contribution is 7.13. The van der Waals surface area contributed by atoms with Crippen molar-refractivity contribution in [2.45, 2.75) is 13.5 Å². The highest BCUT2D eigenvalue weighted by atomic mass is 32.1. The van der Waals surface area contributed by atoms with Crippen LogP contribution < -0.4 is 10.5 Å². The van der Waals surface area contributed by atoms with Crippen LogP contribution in [0.25, 0.3) is 11.0 Å². The molecule has 0 atom stereocenters. The van der Waals surface area contributed by atoms with Crippen molar-refractivity contribution < 1.29 is 0 Å². The number of aromatic amines is 1. The number of aryl methyl sites for hydroxylation is 1. The summed E-state index contributed by atoms with van der Waals surface area (Å²) in [5, 5.41) is 3.18. The van der Waals surface area contributed by atoms with Gasteiger partial charge in [0.25, 0.3) is 5.56 Å². The van der Waals surface area contributed by atoms with Gasteiger partial charge in [0.15, 0.2) is 5.13 Å². The Bertz CT molecular complexity index is 910. The average molecular weight is 341 g/mol. The van der Waals surface area contributed by atoms with Crippen LogP contribution in [0.4, 0.5) is 5.13 Å². The fourth-order valence-electron chi connectivity index (χ4n) is 2.97. The zero-order valence-electron chi connectivity index (χ0n) is 13.5. The minimum atomic E-state index is -0.0910. The number of thiazole rings is 1. The molecule has 6 nitrogen and oxygen atoms in total. The number of aromatic nitrogens is 3. The maximum Gasteiger partial charge on any atom is 0.271 e. The Kier molecular flexibility index (Phi) is 4.03. The Morgan fingerprint density at radius 2 is 1.96 bits per heavy atom. The van der Waals surface area contributed by atoms with Gasteiger partial charge in [0.05, 0.1) is 16.7 Å². The molecule has 1 aliphatic heterocycles. The van der Waals surface area contributed by atoms with Crippen LogP contribution in [0.1, 0.15) is 11.4 Å². The Hall–Kier alpha value is -2.25. The Morgan fingerprint density at radius 3 is 2.71 bits per heavy atom. The van der Waals surface area contributed by atoms with Crippen molar-refractivity contribution in [1.29, 1.82) is 0 Å². The van der Waals surface area contributed by atoms with Gasteiger partial charge < -0.3 is 9.88 Å². The van der Waals surface area contributed by atoms with Gasteiger partial charge in [-0.1, -0.05) is 12.1 Å². The Labute approximate surface area is 143 Å². The fourth-order valence-corrected chi connectivity index (χ4v) is 3.83. The highest BCUT2D eigenvalue weighted by Crippen LogP contribution is 2.21. The zero-order chi connectivity index (χ0) is 16.5. The van der Waals surface area contributed by atoms with Gasteiger partial charge in [-0.2, -0.15) is 0 Å². The molecule has 0 saturated carbocycles. The molecule has 3 aromatic rings. The largest absolute Gasteiger partial charge is 0.346 e. The molecule has 0 bridgehead atoms. The molecule has 124 valence electrons. The smallest absolute Gasteiger partial charge is 0.271 e. The molecule has 0 radical (unpaired) electrons. The van der Waals surface area contributed by atoms with Crippen molar-refractivity contribution in [3.05, 3.63) is 51.4 Å². The number of para-hydroxylation sites is 2. The SMILES string of the molecule is Cc1csc(N2CCN(Cc3nc4ccccc4[nH]c3=O)CC2)n1. The summed E-state index contributed by atoms with van der Waals surface area (Å²) in [7, 11) is 0. The molecule has 2 aromatic heterocycles. The third-order valence-electron chi connectivity index (χ3n) is 4.29. The second kappa shape index (κ2) is 6.33. The van der Waals surface area contributed by atoms with Gasteiger partial charge in [0, 0.05) is 38.1 Å². The molecule has 1 N–H and O–H groups in total. The number of H-pyrrole nitrogens is 1. The van der Waals surface area contributed by atoms with Gasteiger partial charge in [-0.25, -0.2) is 9.97 Å². The van der Waals surface area contributed by atoms with E-state index in [0.717, 1.165) is 48.0 Å². The molecule has 0 aliphatic carbocycles. The number of nitrogens with one attached hydrogen (secondary N) is 1. The lowest BCUT2D eigenvalue weighted by atomic mass is 10.2. The van der Waals surface area contributed by atoms with E-state index in [9.17, 15) is 4.79 Å². The molecule has 3 heterocycles. The molecule has 1 aliphatic rings. The predicted molar refractivity (Wildman–Crippen MR) is 96.7 cm³/mol. The van der Waals surface area contributed by atoms with Crippen LogP contribution in [0.2, 0.25) is 0 Å². The maximum absolute atomic E-state index is 12.2. The third kappa shape index (κ3) is 3.05. The van der Waals surface area contributed by atoms with E-state index in [1.807, 2.05) is 31.2 Å². The minimum Gasteiger partial charge on any atom is -0.346 e. The number of nitrogens with zero attached hydrogens (tertiary/aromatic N) is 4. The lowest BCUT2D eigenvalue weighted by Crippen LogP contribution is -2.46. The standard InChI is InChI=1S/C17H19N5OS/c1-12-11-24-17(18-12)22-8-6-21(7-9-22)10-15-16(23)20-14-5-3-2-4-13(14)19-15/h2-5,11H,6-10H2,1H3,(H,20,23). The van der Waals surface area contributed by atoms with Crippen LogP contribution in [0.3, 0.4) is 0 Å². The van der Waals surface area contributed by atoms with Crippen LogP contribution >= 0.6 is 11.3 Å². The van der Waals surface area contributed by atoms with E-state index in [2.05, 4.69) is 30.1 Å². The average Bonchev–Trinajstić information content (AvgIpc) is 3.03. The van der Waals surface area contributed by atoms with E-state index in [4.69, 9.17) is 0 Å². The van der Waals surface area contributed by atoms with Crippen molar-refractivity contribution >= 4 is 27.5 Å². The van der Waals surface area contributed by atoms with Gasteiger partial charge >= 0.3 is 0 Å². The van der Waals surface area contributed by atoms with Crippen LogP contribution in [-0.4, -0.2) is 46.0 Å². The summed E-state index contributed by atoms with van der Waals surface area (Å²) in [5.41, 5.74) is 3.20. The molecular formula is C17H19N5OS. The summed E-state index contributed by atoms with van der Waals surface area (Å²) in [5.74, 6) is 0. The van der Waals surface area contributed by atoms with Crippen LogP contribution in [0, 0.1) is 6.92 Å². The van der Waals surface area contributed by atoms with Gasteiger partial charge in [0.2, 0.25) is 0 Å². The number of piperazine rings is 1. The third-order valence-corrected chi connectivity index (χ3v) is 5.31. The van der Waals surface area contributed by atoms with Crippen LogP contribution in [0.15, 0.2) is 34.4 Å². The van der Waals surface area contributed by atoms with E-state index in [1.54, 1.807) is 11.3 Å². The molecule has 7 heteroatoms. The number of fused-ring (bicyclic) bond motifs is 1. The quantitative estimate of drug-likeness (QED) is 0.789. The fraction of sp³-hybridized carbons (Fsp3) is 0.353. The Balaban J connectivity index is 1.45. The van der Waals surface area contributed by atoms with Crippen molar-refractivity contribution in [1.82, 2.24) is 19.9 Å². The van der Waals surface area contributed by atoms with E-state index in [1.165, 1.54) is 0 Å². The lowest BCUT2D eigenvalue weighted by Gasteiger charge is -2.34. The van der Waals surface area contributed by atoms with Crippen LogP contribution in [0.5, 0.6) is 0 Å². The van der Waals surface area contributed by atoms with Gasteiger partial charge in [0.1, 0.15) is 5.69 Å². The molecular weight excluding hydrogens is 322 g/mol. The van der Waals surface area contributed by atoms with Gasteiger partial charge in [-0.3, -0.25) is 9.69 Å². The molecule has 4 rings (SSSR count). The van der Waals surface area contributed by atoms with Gasteiger partial charge in [-0.15, -0.1) is 11.3 Å². The molecule has 1 aromatic carbocycles. The summed E-state index contributed by atoms with van der Waals surface area (Å²) >= 11 is 1.69. The summed E-state index contributed by atoms with van der Waals surface area (Å²) in [6.45, 7) is 6.29. The predicted octanol–water partition coefficient (Wildman–Crippen LogP) is 2.01. The first kappa shape index (κ1) is 15.3. The minimum absolute atomic E-state index is 0.0910. The lowest BCUT2D eigenvalue weighted by molar-refractivity contribution is 0.246. The first-order valence-corrected chi connectivity index (χ1v) is 8.94. The molecule has 1 fully saturated rings. The van der Waals surface area contributed by atoms with Crippen molar-refractivity contribution in [3.63, 3.8) is 0 Å². The second-order valence-electron chi connectivity index (χ2n) is 6.06. The van der Waals surface area contributed by atoms with Crippen molar-refractivity contribution in [2.24, 2.45) is 0 Å². The topological polar surface area (TPSA) is 65.1 Å². The first-order chi connectivity index (χ1) is 11.7. The van der Waals surface area contributed by atoms with Crippen LogP contribution in [-0.2, 0) is 6.54 Å². The van der Waals surface area contributed by atoms with Crippen molar-refractivity contribution in [2.75, 3.05) is 31.1 Å². The van der Waals surface area contributed by atoms with E-state index >= 15 is 0 Å². The van der Waals surface area contributed by atoms with E-state index in [-0.39, 0.29) is 5.56 Å². The number of anilines is 1. The number of rotatable bonds is 3. The maximum atomic E-state index is 12.2. The first-order valence-electron chi connectivity index (χ1n) is 8.06. The Morgan fingerprint density at radius 1 is 1.17 bits per heavy atom. The molecule has 0 spiro atoms. The monoisotopic (exact) mass is 341 g/mol. The zero-order valence-corrected chi connectivity index (χ0v) is 14.3. The second-order valence-corrected chi connectivity index (χ2v) is 6.90. The number of benzene rings is 1. The van der Waals surface area contributed by atoms with Gasteiger partial charge in [-0.05, 0) is 19.1 Å². The molecule has 24 heavy (non-hydrogen) atoms. The molecule has 0 amide bonds. The number of hydrogen-bond acceptors (Lipinski definition) is 6. The summed E-state index contributed by atoms with van der Waals surface area (Å²) in [6.07, 6.45) is 0.